The van der Waals surface area contributed by atoms with Crippen molar-refractivity contribution in [3.05, 3.63) is 29.1 Å². The first-order chi connectivity index (χ1) is 6.97. The highest BCUT2D eigenvalue weighted by Gasteiger charge is 2.12. The summed E-state index contributed by atoms with van der Waals surface area (Å²) in [7, 11) is 1.92. The number of hydrogen-bond acceptors (Lipinski definition) is 2. The molecule has 0 atom stereocenters. The molecule has 1 aromatic rings. The summed E-state index contributed by atoms with van der Waals surface area (Å²) >= 11 is 0. The Morgan fingerprint density at radius 2 is 2.00 bits per heavy atom. The molecular weight excluding hydrogens is 191 g/mol. The number of rotatable bonds is 2. The highest BCUT2D eigenvalue weighted by molar-refractivity contribution is 5.56. The van der Waals surface area contributed by atoms with E-state index in [1.807, 2.05) is 38.8 Å². The fourth-order valence-corrected chi connectivity index (χ4v) is 1.41. The van der Waals surface area contributed by atoms with E-state index in [-0.39, 0.29) is 5.56 Å². The summed E-state index contributed by atoms with van der Waals surface area (Å²) in [6.45, 7) is 5.96. The van der Waals surface area contributed by atoms with Gasteiger partial charge in [-0.2, -0.15) is 5.26 Å². The number of anilines is 1. The van der Waals surface area contributed by atoms with Crippen molar-refractivity contribution in [2.45, 2.75) is 26.8 Å². The van der Waals surface area contributed by atoms with Gasteiger partial charge in [-0.15, -0.1) is 0 Å². The maximum Gasteiger partial charge on any atom is 0.143 e. The third-order valence-corrected chi connectivity index (χ3v) is 2.56. The molecular formula is C12H15FN2. The summed E-state index contributed by atoms with van der Waals surface area (Å²) in [4.78, 5) is 1.99. The zero-order valence-electron chi connectivity index (χ0n) is 9.50. The summed E-state index contributed by atoms with van der Waals surface area (Å²) in [5, 5.41) is 8.68. The number of benzene rings is 1. The molecule has 15 heavy (non-hydrogen) atoms. The summed E-state index contributed by atoms with van der Waals surface area (Å²) in [6.07, 6.45) is 0. The number of nitrogens with zero attached hydrogens (tertiary/aromatic N) is 2. The monoisotopic (exact) mass is 206 g/mol. The Morgan fingerprint density at radius 1 is 1.40 bits per heavy atom. The van der Waals surface area contributed by atoms with Crippen molar-refractivity contribution in [3.63, 3.8) is 0 Å². The zero-order chi connectivity index (χ0) is 11.6. The largest absolute Gasteiger partial charge is 0.372 e. The molecule has 0 fully saturated rings. The molecule has 0 bridgehead atoms. The first-order valence-corrected chi connectivity index (χ1v) is 4.90. The van der Waals surface area contributed by atoms with Crippen LogP contribution in [-0.2, 0) is 0 Å². The van der Waals surface area contributed by atoms with Crippen LogP contribution in [0.15, 0.2) is 12.1 Å². The van der Waals surface area contributed by atoms with Crippen molar-refractivity contribution in [3.8, 4) is 6.07 Å². The zero-order valence-corrected chi connectivity index (χ0v) is 9.50. The molecule has 0 amide bonds. The molecule has 2 nitrogen and oxygen atoms in total. The SMILES string of the molecule is Cc1cc(C#N)c(F)cc1N(C)C(C)C. The fraction of sp³-hybridized carbons (Fsp3) is 0.417. The van der Waals surface area contributed by atoms with Gasteiger partial charge in [-0.3, -0.25) is 0 Å². The molecule has 0 spiro atoms. The fourth-order valence-electron chi connectivity index (χ4n) is 1.41. The third kappa shape index (κ3) is 2.27. The van der Waals surface area contributed by atoms with E-state index in [0.29, 0.717) is 6.04 Å². The van der Waals surface area contributed by atoms with Crippen LogP contribution in [0, 0.1) is 24.1 Å². The van der Waals surface area contributed by atoms with Crippen molar-refractivity contribution in [2.75, 3.05) is 11.9 Å². The normalized spacial score (nSPS) is 10.2. The predicted octanol–water partition coefficient (Wildman–Crippen LogP) is 2.85. The van der Waals surface area contributed by atoms with E-state index in [1.54, 1.807) is 6.07 Å². The first kappa shape index (κ1) is 11.5. The van der Waals surface area contributed by atoms with Gasteiger partial charge in [0, 0.05) is 18.8 Å². The van der Waals surface area contributed by atoms with Gasteiger partial charge in [-0.05, 0) is 38.5 Å². The molecule has 1 aromatic carbocycles. The van der Waals surface area contributed by atoms with Gasteiger partial charge in [0.25, 0.3) is 0 Å². The summed E-state index contributed by atoms with van der Waals surface area (Å²) in [6, 6.07) is 5.15. The van der Waals surface area contributed by atoms with Crippen LogP contribution < -0.4 is 4.90 Å². The van der Waals surface area contributed by atoms with Gasteiger partial charge in [0.2, 0.25) is 0 Å². The van der Waals surface area contributed by atoms with Crippen molar-refractivity contribution in [2.24, 2.45) is 0 Å². The molecule has 3 heteroatoms. The number of hydrogen-bond donors (Lipinski definition) is 0. The van der Waals surface area contributed by atoms with Gasteiger partial charge in [0.1, 0.15) is 11.9 Å². The van der Waals surface area contributed by atoms with Crippen LogP contribution in [0.1, 0.15) is 25.0 Å². The molecule has 0 saturated heterocycles. The second kappa shape index (κ2) is 4.31. The Kier molecular flexibility index (Phi) is 3.31. The lowest BCUT2D eigenvalue weighted by Crippen LogP contribution is -2.26. The second-order valence-corrected chi connectivity index (χ2v) is 3.93. The maximum atomic E-state index is 13.4. The Bertz CT molecular complexity index is 405. The summed E-state index contributed by atoms with van der Waals surface area (Å²) in [5.74, 6) is -0.453. The van der Waals surface area contributed by atoms with E-state index >= 15 is 0 Å². The first-order valence-electron chi connectivity index (χ1n) is 4.90. The predicted molar refractivity (Wildman–Crippen MR) is 59.4 cm³/mol. The van der Waals surface area contributed by atoms with Gasteiger partial charge >= 0.3 is 0 Å². The van der Waals surface area contributed by atoms with Crippen LogP contribution in [0.4, 0.5) is 10.1 Å². The van der Waals surface area contributed by atoms with Gasteiger partial charge in [-0.1, -0.05) is 0 Å². The van der Waals surface area contributed by atoms with E-state index in [1.165, 1.54) is 6.07 Å². The Balaban J connectivity index is 3.23. The molecule has 0 unspecified atom stereocenters. The molecule has 0 aliphatic carbocycles. The van der Waals surface area contributed by atoms with Gasteiger partial charge in [-0.25, -0.2) is 4.39 Å². The van der Waals surface area contributed by atoms with Crippen LogP contribution in [0.2, 0.25) is 0 Å². The van der Waals surface area contributed by atoms with Gasteiger partial charge in [0.05, 0.1) is 5.56 Å². The Labute approximate surface area is 89.9 Å². The van der Waals surface area contributed by atoms with E-state index in [0.717, 1.165) is 11.3 Å². The standard InChI is InChI=1S/C12H15FN2/c1-8(2)15(4)12-6-11(13)10(7-14)5-9(12)3/h5-6,8H,1-4H3. The van der Waals surface area contributed by atoms with E-state index in [2.05, 4.69) is 0 Å². The molecule has 1 rings (SSSR count). The summed E-state index contributed by atoms with van der Waals surface area (Å²) in [5.41, 5.74) is 1.86. The lowest BCUT2D eigenvalue weighted by molar-refractivity contribution is 0.621. The quantitative estimate of drug-likeness (QED) is 0.744. The smallest absolute Gasteiger partial charge is 0.143 e. The molecule has 0 saturated carbocycles. The van der Waals surface area contributed by atoms with Gasteiger partial charge < -0.3 is 4.90 Å². The number of halogens is 1. The van der Waals surface area contributed by atoms with Crippen LogP contribution in [-0.4, -0.2) is 13.1 Å². The average Bonchev–Trinajstić information content (AvgIpc) is 2.19. The summed E-state index contributed by atoms with van der Waals surface area (Å²) < 4.78 is 13.4. The Morgan fingerprint density at radius 3 is 2.47 bits per heavy atom. The molecule has 0 N–H and O–H groups in total. The molecule has 0 radical (unpaired) electrons. The van der Waals surface area contributed by atoms with E-state index < -0.39 is 5.82 Å². The van der Waals surface area contributed by atoms with Crippen LogP contribution >= 0.6 is 0 Å². The molecule has 0 aromatic heterocycles. The number of nitriles is 1. The molecule has 0 aliphatic heterocycles. The topological polar surface area (TPSA) is 27.0 Å². The van der Waals surface area contributed by atoms with Crippen molar-refractivity contribution in [1.29, 1.82) is 5.26 Å². The third-order valence-electron chi connectivity index (χ3n) is 2.56. The lowest BCUT2D eigenvalue weighted by atomic mass is 10.1. The van der Waals surface area contributed by atoms with E-state index in [4.69, 9.17) is 5.26 Å². The molecule has 0 heterocycles. The molecule has 0 aliphatic rings. The molecule has 80 valence electrons. The minimum atomic E-state index is -0.453. The second-order valence-electron chi connectivity index (χ2n) is 3.93. The average molecular weight is 206 g/mol. The van der Waals surface area contributed by atoms with Gasteiger partial charge in [0.15, 0.2) is 0 Å². The number of aryl methyl sites for hydroxylation is 1. The van der Waals surface area contributed by atoms with Crippen molar-refractivity contribution < 1.29 is 4.39 Å². The van der Waals surface area contributed by atoms with Crippen molar-refractivity contribution in [1.82, 2.24) is 0 Å². The highest BCUT2D eigenvalue weighted by Crippen LogP contribution is 2.24. The van der Waals surface area contributed by atoms with Crippen molar-refractivity contribution >= 4 is 5.69 Å². The van der Waals surface area contributed by atoms with Crippen LogP contribution in [0.5, 0.6) is 0 Å². The minimum Gasteiger partial charge on any atom is -0.372 e. The van der Waals surface area contributed by atoms with E-state index in [9.17, 15) is 4.39 Å². The lowest BCUT2D eigenvalue weighted by Gasteiger charge is -2.25. The highest BCUT2D eigenvalue weighted by atomic mass is 19.1. The van der Waals surface area contributed by atoms with Crippen LogP contribution in [0.3, 0.4) is 0 Å². The van der Waals surface area contributed by atoms with Crippen LogP contribution in [0.25, 0.3) is 0 Å². The maximum absolute atomic E-state index is 13.4. The minimum absolute atomic E-state index is 0.105. The Hall–Kier alpha value is -1.56.